The number of nitrogens with zero attached hydrogens (tertiary/aromatic N) is 3. The molecule has 0 aliphatic heterocycles. The van der Waals surface area contributed by atoms with Crippen LogP contribution in [0.2, 0.25) is 0 Å². The van der Waals surface area contributed by atoms with Gasteiger partial charge in [-0.3, -0.25) is 0 Å². The van der Waals surface area contributed by atoms with Crippen LogP contribution in [0.3, 0.4) is 0 Å². The first kappa shape index (κ1) is 15.9. The van der Waals surface area contributed by atoms with Crippen LogP contribution < -0.4 is 5.73 Å². The van der Waals surface area contributed by atoms with E-state index in [1.54, 1.807) is 0 Å². The summed E-state index contributed by atoms with van der Waals surface area (Å²) >= 11 is 0. The Labute approximate surface area is 142 Å². The lowest BCUT2D eigenvalue weighted by Gasteiger charge is -2.43. The average Bonchev–Trinajstić information content (AvgIpc) is 2.64. The molecule has 4 nitrogen and oxygen atoms in total. The summed E-state index contributed by atoms with van der Waals surface area (Å²) in [6.45, 7) is 0. The Morgan fingerprint density at radius 3 is 2.46 bits per heavy atom. The monoisotopic (exact) mass is 314 g/mol. The van der Waals surface area contributed by atoms with Gasteiger partial charge in [-0.05, 0) is 42.7 Å². The molecule has 0 radical (unpaired) electrons. The fourth-order valence-electron chi connectivity index (χ4n) is 4.06. The van der Waals surface area contributed by atoms with E-state index < -0.39 is 5.41 Å². The summed E-state index contributed by atoms with van der Waals surface area (Å²) < 4.78 is 0. The molecule has 2 aliphatic carbocycles. The second-order valence-corrected chi connectivity index (χ2v) is 6.43. The van der Waals surface area contributed by atoms with E-state index in [-0.39, 0.29) is 17.5 Å². The molecule has 0 unspecified atom stereocenters. The second-order valence-electron chi connectivity index (χ2n) is 6.43. The van der Waals surface area contributed by atoms with Crippen LogP contribution in [0.15, 0.2) is 53.3 Å². The quantitative estimate of drug-likeness (QED) is 0.905. The van der Waals surface area contributed by atoms with Gasteiger partial charge in [-0.25, -0.2) is 0 Å². The van der Waals surface area contributed by atoms with Crippen LogP contribution in [-0.4, -0.2) is 0 Å². The zero-order valence-corrected chi connectivity index (χ0v) is 13.4. The van der Waals surface area contributed by atoms with Crippen LogP contribution in [-0.2, 0) is 6.42 Å². The summed E-state index contributed by atoms with van der Waals surface area (Å²) in [6.07, 6.45) is 5.46. The van der Waals surface area contributed by atoms with Gasteiger partial charge in [0.1, 0.15) is 6.07 Å². The number of benzene rings is 1. The maximum absolute atomic E-state index is 9.85. The largest absolute Gasteiger partial charge is 0.399 e. The van der Waals surface area contributed by atoms with E-state index >= 15 is 0 Å². The molecule has 1 aromatic rings. The van der Waals surface area contributed by atoms with Gasteiger partial charge >= 0.3 is 0 Å². The van der Waals surface area contributed by atoms with Gasteiger partial charge in [-0.15, -0.1) is 0 Å². The van der Waals surface area contributed by atoms with Crippen molar-refractivity contribution in [1.29, 1.82) is 15.8 Å². The van der Waals surface area contributed by atoms with E-state index in [4.69, 9.17) is 5.73 Å². The second kappa shape index (κ2) is 6.23. The molecular weight excluding hydrogens is 296 g/mol. The van der Waals surface area contributed by atoms with Crippen LogP contribution in [0, 0.1) is 51.2 Å². The third kappa shape index (κ3) is 2.27. The SMILES string of the molecule is N#CC1=C(N)C(C#N)(C#N)[C@H](Cc2ccccc2)[C@@H]2CCCC=C12. The predicted octanol–water partition coefficient (Wildman–Crippen LogP) is 3.36. The van der Waals surface area contributed by atoms with Gasteiger partial charge in [-0.2, -0.15) is 15.8 Å². The summed E-state index contributed by atoms with van der Waals surface area (Å²) in [6, 6.07) is 16.3. The first-order valence-corrected chi connectivity index (χ1v) is 8.15. The highest BCUT2D eigenvalue weighted by atomic mass is 14.7. The van der Waals surface area contributed by atoms with E-state index in [1.807, 2.05) is 30.3 Å². The lowest BCUT2D eigenvalue weighted by atomic mass is 9.57. The third-order valence-electron chi connectivity index (χ3n) is 5.27. The van der Waals surface area contributed by atoms with Crippen molar-refractivity contribution in [3.8, 4) is 18.2 Å². The molecule has 24 heavy (non-hydrogen) atoms. The fourth-order valence-corrected chi connectivity index (χ4v) is 4.06. The van der Waals surface area contributed by atoms with Crippen molar-refractivity contribution in [2.24, 2.45) is 23.0 Å². The topological polar surface area (TPSA) is 97.4 Å². The van der Waals surface area contributed by atoms with Crippen molar-refractivity contribution in [3.63, 3.8) is 0 Å². The first-order chi connectivity index (χ1) is 11.7. The van der Waals surface area contributed by atoms with E-state index in [0.717, 1.165) is 30.4 Å². The third-order valence-corrected chi connectivity index (χ3v) is 5.27. The lowest BCUT2D eigenvalue weighted by molar-refractivity contribution is 0.233. The van der Waals surface area contributed by atoms with Gasteiger partial charge < -0.3 is 5.73 Å². The minimum Gasteiger partial charge on any atom is -0.399 e. The summed E-state index contributed by atoms with van der Waals surface area (Å²) in [5.74, 6) is -0.209. The molecule has 0 fully saturated rings. The van der Waals surface area contributed by atoms with E-state index in [9.17, 15) is 15.8 Å². The number of hydrogen-bond donors (Lipinski definition) is 1. The molecule has 0 spiro atoms. The van der Waals surface area contributed by atoms with Crippen molar-refractivity contribution in [3.05, 3.63) is 58.8 Å². The highest BCUT2D eigenvalue weighted by Gasteiger charge is 2.52. The minimum absolute atomic E-state index is 0.0280. The van der Waals surface area contributed by atoms with Crippen molar-refractivity contribution in [2.45, 2.75) is 25.7 Å². The molecule has 0 amide bonds. The Hall–Kier alpha value is -3.03. The fraction of sp³-hybridized carbons (Fsp3) is 0.350. The molecule has 118 valence electrons. The lowest BCUT2D eigenvalue weighted by Crippen LogP contribution is -2.45. The molecule has 1 aromatic carbocycles. The summed E-state index contributed by atoms with van der Waals surface area (Å²) in [5.41, 5.74) is 7.25. The Bertz CT molecular complexity index is 813. The number of nitrogens with two attached hydrogens (primary N) is 1. The molecule has 3 rings (SSSR count). The zero-order valence-electron chi connectivity index (χ0n) is 13.4. The number of rotatable bonds is 2. The Kier molecular flexibility index (Phi) is 4.11. The number of hydrogen-bond acceptors (Lipinski definition) is 4. The predicted molar refractivity (Wildman–Crippen MR) is 89.5 cm³/mol. The standard InChI is InChI=1S/C20H18N4/c21-11-17-15-8-4-5-9-16(15)18(10-14-6-2-1-3-7-14)20(12-22,13-23)19(17)24/h1-3,6-8,16,18H,4-5,9-10,24H2/t16-,18-/m1/s1. The molecule has 2 atom stereocenters. The van der Waals surface area contributed by atoms with Crippen molar-refractivity contribution >= 4 is 0 Å². The van der Waals surface area contributed by atoms with Crippen molar-refractivity contribution in [2.75, 3.05) is 0 Å². The van der Waals surface area contributed by atoms with E-state index in [0.29, 0.717) is 12.0 Å². The van der Waals surface area contributed by atoms with Gasteiger partial charge in [-0.1, -0.05) is 36.4 Å². The van der Waals surface area contributed by atoms with Crippen molar-refractivity contribution < 1.29 is 0 Å². The number of nitriles is 3. The summed E-state index contributed by atoms with van der Waals surface area (Å²) in [4.78, 5) is 0. The Morgan fingerprint density at radius 1 is 1.12 bits per heavy atom. The zero-order chi connectivity index (χ0) is 17.2. The molecule has 4 heteroatoms. The Balaban J connectivity index is 2.18. The van der Waals surface area contributed by atoms with Gasteiger partial charge in [0.05, 0.1) is 23.4 Å². The van der Waals surface area contributed by atoms with Gasteiger partial charge in [0.15, 0.2) is 5.41 Å². The molecule has 0 saturated carbocycles. The summed E-state index contributed by atoms with van der Waals surface area (Å²) in [5, 5.41) is 29.2. The van der Waals surface area contributed by atoms with Crippen LogP contribution in [0.25, 0.3) is 0 Å². The molecule has 0 saturated heterocycles. The maximum Gasteiger partial charge on any atom is 0.187 e. The summed E-state index contributed by atoms with van der Waals surface area (Å²) in [7, 11) is 0. The van der Waals surface area contributed by atoms with Crippen LogP contribution in [0.4, 0.5) is 0 Å². The van der Waals surface area contributed by atoms with Crippen LogP contribution in [0.1, 0.15) is 24.8 Å². The number of fused-ring (bicyclic) bond motifs is 1. The molecule has 0 heterocycles. The van der Waals surface area contributed by atoms with E-state index in [1.165, 1.54) is 0 Å². The normalized spacial score (nSPS) is 24.8. The van der Waals surface area contributed by atoms with Crippen LogP contribution >= 0.6 is 0 Å². The first-order valence-electron chi connectivity index (χ1n) is 8.15. The molecule has 0 aromatic heterocycles. The van der Waals surface area contributed by atoms with Gasteiger partial charge in [0.25, 0.3) is 0 Å². The number of allylic oxidation sites excluding steroid dienone is 4. The molecule has 2 N–H and O–H groups in total. The Morgan fingerprint density at radius 2 is 1.83 bits per heavy atom. The van der Waals surface area contributed by atoms with Gasteiger partial charge in [0, 0.05) is 5.92 Å². The highest BCUT2D eigenvalue weighted by molar-refractivity contribution is 5.56. The van der Waals surface area contributed by atoms with Crippen molar-refractivity contribution in [1.82, 2.24) is 0 Å². The van der Waals surface area contributed by atoms with Crippen LogP contribution in [0.5, 0.6) is 0 Å². The molecule has 2 aliphatic rings. The smallest absolute Gasteiger partial charge is 0.187 e. The van der Waals surface area contributed by atoms with E-state index in [2.05, 4.69) is 24.3 Å². The molecular formula is C20H18N4. The average molecular weight is 314 g/mol. The maximum atomic E-state index is 9.85. The molecule has 0 bridgehead atoms. The highest BCUT2D eigenvalue weighted by Crippen LogP contribution is 2.52. The minimum atomic E-state index is -1.44. The van der Waals surface area contributed by atoms with Gasteiger partial charge in [0.2, 0.25) is 0 Å².